The number of hydrogen-bond donors (Lipinski definition) is 0. The van der Waals surface area contributed by atoms with Gasteiger partial charge in [0.2, 0.25) is 0 Å². The number of benzene rings is 2. The second-order valence-corrected chi connectivity index (χ2v) is 9.40. The Morgan fingerprint density at radius 3 is 2.57 bits per heavy atom. The van der Waals surface area contributed by atoms with Crippen molar-refractivity contribution >= 4 is 18.3 Å². The topological polar surface area (TPSA) is 51.2 Å². The van der Waals surface area contributed by atoms with E-state index in [1.165, 1.54) is 24.8 Å². The highest BCUT2D eigenvalue weighted by atomic mass is 35.5. The molecule has 0 aliphatic carbocycles. The van der Waals surface area contributed by atoms with Crippen LogP contribution in [0.3, 0.4) is 0 Å². The number of methoxy groups -OCH3 is 2. The van der Waals surface area contributed by atoms with Crippen LogP contribution in [-0.4, -0.2) is 68.8 Å². The second-order valence-electron chi connectivity index (χ2n) is 9.40. The van der Waals surface area contributed by atoms with Crippen LogP contribution in [0, 0.1) is 6.92 Å². The van der Waals surface area contributed by atoms with E-state index in [9.17, 15) is 4.79 Å². The van der Waals surface area contributed by atoms with E-state index >= 15 is 0 Å². The standard InChI is InChI=1S/C28H38N2O4.ClH/c1-21-8-6-10-24(18-21)34-17-7-14-29-13-5-4-9-23(29)12-16-30-15-11-22-19-26(32-2)27(33-3)20-25(22)28(30)31;/h6,8,10,18-20,23H,4-5,7,9,11-17H2,1-3H3;1H. The average Bonchev–Trinajstić information content (AvgIpc) is 2.86. The molecule has 0 radical (unpaired) electrons. The summed E-state index contributed by atoms with van der Waals surface area (Å²) in [6.07, 6.45) is 6.63. The zero-order valence-corrected chi connectivity index (χ0v) is 22.1. The molecule has 2 aliphatic rings. The highest BCUT2D eigenvalue weighted by molar-refractivity contribution is 5.97. The summed E-state index contributed by atoms with van der Waals surface area (Å²) in [6.45, 7) is 6.57. The second kappa shape index (κ2) is 13.0. The molecule has 4 rings (SSSR count). The van der Waals surface area contributed by atoms with Gasteiger partial charge in [-0.25, -0.2) is 0 Å². The predicted octanol–water partition coefficient (Wildman–Crippen LogP) is 5.15. The van der Waals surface area contributed by atoms with Gasteiger partial charge in [0.05, 0.1) is 20.8 Å². The van der Waals surface area contributed by atoms with Gasteiger partial charge in [-0.15, -0.1) is 12.4 Å². The van der Waals surface area contributed by atoms with Crippen molar-refractivity contribution in [3.63, 3.8) is 0 Å². The van der Waals surface area contributed by atoms with Crippen molar-refractivity contribution in [2.75, 3.05) is 47.0 Å². The lowest BCUT2D eigenvalue weighted by molar-refractivity contribution is 0.0693. The van der Waals surface area contributed by atoms with Crippen LogP contribution < -0.4 is 14.2 Å². The van der Waals surface area contributed by atoms with Crippen molar-refractivity contribution < 1.29 is 19.0 Å². The zero-order chi connectivity index (χ0) is 23.9. The third kappa shape index (κ3) is 6.83. The number of amides is 1. The minimum absolute atomic E-state index is 0. The molecule has 2 aromatic carbocycles. The number of likely N-dealkylation sites (tertiary alicyclic amines) is 1. The van der Waals surface area contributed by atoms with Gasteiger partial charge in [-0.1, -0.05) is 18.6 Å². The van der Waals surface area contributed by atoms with Gasteiger partial charge in [0.1, 0.15) is 5.75 Å². The summed E-state index contributed by atoms with van der Waals surface area (Å²) >= 11 is 0. The minimum atomic E-state index is 0. The van der Waals surface area contributed by atoms with E-state index in [0.717, 1.165) is 68.9 Å². The average molecular weight is 503 g/mol. The van der Waals surface area contributed by atoms with Gasteiger partial charge in [-0.05, 0) is 81.0 Å². The Balaban J connectivity index is 0.00000342. The van der Waals surface area contributed by atoms with Crippen molar-refractivity contribution in [2.24, 2.45) is 0 Å². The molecule has 2 heterocycles. The molecule has 2 aliphatic heterocycles. The quantitative estimate of drug-likeness (QED) is 0.421. The van der Waals surface area contributed by atoms with Gasteiger partial charge >= 0.3 is 0 Å². The van der Waals surface area contributed by atoms with Crippen LogP contribution in [-0.2, 0) is 6.42 Å². The molecular weight excluding hydrogens is 464 g/mol. The molecule has 192 valence electrons. The van der Waals surface area contributed by atoms with Gasteiger partial charge < -0.3 is 24.0 Å². The molecule has 1 unspecified atom stereocenters. The highest BCUT2D eigenvalue weighted by Crippen LogP contribution is 2.33. The van der Waals surface area contributed by atoms with Crippen molar-refractivity contribution in [3.05, 3.63) is 53.1 Å². The fourth-order valence-corrected chi connectivity index (χ4v) is 5.22. The number of halogens is 1. The Bertz CT molecular complexity index is 983. The van der Waals surface area contributed by atoms with Crippen LogP contribution in [0.1, 0.15) is 53.6 Å². The van der Waals surface area contributed by atoms with Crippen LogP contribution in [0.5, 0.6) is 17.2 Å². The maximum atomic E-state index is 13.2. The van der Waals surface area contributed by atoms with Gasteiger partial charge in [0.25, 0.3) is 5.91 Å². The summed E-state index contributed by atoms with van der Waals surface area (Å²) in [5, 5.41) is 0. The summed E-state index contributed by atoms with van der Waals surface area (Å²) < 4.78 is 16.8. The van der Waals surface area contributed by atoms with Crippen LogP contribution in [0.15, 0.2) is 36.4 Å². The number of rotatable bonds is 10. The third-order valence-corrected chi connectivity index (χ3v) is 7.11. The molecule has 2 aromatic rings. The van der Waals surface area contributed by atoms with Crippen LogP contribution in [0.4, 0.5) is 0 Å². The number of piperidine rings is 1. The lowest BCUT2D eigenvalue weighted by Gasteiger charge is -2.37. The summed E-state index contributed by atoms with van der Waals surface area (Å²) in [5.74, 6) is 2.36. The fraction of sp³-hybridized carbons (Fsp3) is 0.536. The number of nitrogens with zero attached hydrogens (tertiary/aromatic N) is 2. The first-order chi connectivity index (χ1) is 16.6. The van der Waals surface area contributed by atoms with Crippen molar-refractivity contribution in [1.29, 1.82) is 0 Å². The van der Waals surface area contributed by atoms with Crippen molar-refractivity contribution in [2.45, 2.75) is 51.5 Å². The summed E-state index contributed by atoms with van der Waals surface area (Å²) in [7, 11) is 3.24. The van der Waals surface area contributed by atoms with E-state index in [2.05, 4.69) is 24.0 Å². The van der Waals surface area contributed by atoms with E-state index in [1.54, 1.807) is 14.2 Å². The molecule has 6 nitrogen and oxygen atoms in total. The molecule has 1 atom stereocenters. The van der Waals surface area contributed by atoms with E-state index in [0.29, 0.717) is 17.5 Å². The number of carbonyl (C=O) groups is 1. The molecular formula is C28H39ClN2O4. The first-order valence-corrected chi connectivity index (χ1v) is 12.6. The minimum Gasteiger partial charge on any atom is -0.494 e. The van der Waals surface area contributed by atoms with Gasteiger partial charge in [0, 0.05) is 31.2 Å². The highest BCUT2D eigenvalue weighted by Gasteiger charge is 2.28. The number of hydrogen-bond acceptors (Lipinski definition) is 5. The molecule has 1 fully saturated rings. The molecule has 0 saturated carbocycles. The number of carbonyl (C=O) groups excluding carboxylic acids is 1. The van der Waals surface area contributed by atoms with E-state index in [-0.39, 0.29) is 18.3 Å². The number of aryl methyl sites for hydroxylation is 1. The first kappa shape index (κ1) is 27.2. The maximum Gasteiger partial charge on any atom is 0.254 e. The van der Waals surface area contributed by atoms with Crippen LogP contribution >= 0.6 is 12.4 Å². The van der Waals surface area contributed by atoms with Crippen molar-refractivity contribution in [1.82, 2.24) is 9.80 Å². The Hall–Kier alpha value is -2.44. The number of fused-ring (bicyclic) bond motifs is 1. The van der Waals surface area contributed by atoms with Crippen molar-refractivity contribution in [3.8, 4) is 17.2 Å². The Morgan fingerprint density at radius 2 is 1.80 bits per heavy atom. The third-order valence-electron chi connectivity index (χ3n) is 7.11. The maximum absolute atomic E-state index is 13.2. The largest absolute Gasteiger partial charge is 0.494 e. The fourth-order valence-electron chi connectivity index (χ4n) is 5.22. The molecule has 1 amide bonds. The van der Waals surface area contributed by atoms with Crippen LogP contribution in [0.25, 0.3) is 0 Å². The Labute approximate surface area is 215 Å². The van der Waals surface area contributed by atoms with Gasteiger partial charge in [0.15, 0.2) is 11.5 Å². The summed E-state index contributed by atoms with van der Waals surface area (Å²) in [6, 6.07) is 12.6. The molecule has 7 heteroatoms. The molecule has 0 spiro atoms. The van der Waals surface area contributed by atoms with Gasteiger partial charge in [-0.2, -0.15) is 0 Å². The summed E-state index contributed by atoms with van der Waals surface area (Å²) in [4.78, 5) is 17.8. The molecule has 0 bridgehead atoms. The molecule has 0 N–H and O–H groups in total. The SMILES string of the molecule is COc1cc2c(cc1OC)C(=O)N(CCC1CCCCN1CCCOc1cccc(C)c1)CC2.Cl. The Morgan fingerprint density at radius 1 is 1.00 bits per heavy atom. The molecule has 0 aromatic heterocycles. The predicted molar refractivity (Wildman–Crippen MR) is 142 cm³/mol. The molecule has 1 saturated heterocycles. The van der Waals surface area contributed by atoms with E-state index in [1.807, 2.05) is 29.2 Å². The lowest BCUT2D eigenvalue weighted by Crippen LogP contribution is -2.44. The van der Waals surface area contributed by atoms with Gasteiger partial charge in [-0.3, -0.25) is 4.79 Å². The van der Waals surface area contributed by atoms with E-state index < -0.39 is 0 Å². The zero-order valence-electron chi connectivity index (χ0n) is 21.3. The van der Waals surface area contributed by atoms with E-state index in [4.69, 9.17) is 14.2 Å². The Kier molecular flexibility index (Phi) is 10.1. The molecule has 35 heavy (non-hydrogen) atoms. The smallest absolute Gasteiger partial charge is 0.254 e. The lowest BCUT2D eigenvalue weighted by atomic mass is 9.96. The first-order valence-electron chi connectivity index (χ1n) is 12.6. The summed E-state index contributed by atoms with van der Waals surface area (Å²) in [5.41, 5.74) is 3.02. The number of ether oxygens (including phenoxy) is 3. The monoisotopic (exact) mass is 502 g/mol. The van der Waals surface area contributed by atoms with Crippen LogP contribution in [0.2, 0.25) is 0 Å². The normalized spacial score (nSPS) is 18.0.